The minimum absolute atomic E-state index is 0.0994. The molecule has 0 bridgehead atoms. The molecule has 0 spiro atoms. The third-order valence-corrected chi connectivity index (χ3v) is 11.0. The van der Waals surface area contributed by atoms with Crippen LogP contribution in [0.1, 0.15) is 18.3 Å². The first kappa shape index (κ1) is 51.5. The largest absolute Gasteiger partial charge is 0.493 e. The summed E-state index contributed by atoms with van der Waals surface area (Å²) in [5, 5.41) is 92.3. The summed E-state index contributed by atoms with van der Waals surface area (Å²) >= 11 is 0. The Morgan fingerprint density at radius 3 is 1.18 bits per heavy atom. The maximum absolute atomic E-state index is 10.00. The fourth-order valence-corrected chi connectivity index (χ4v) is 6.91. The van der Waals surface area contributed by atoms with Crippen LogP contribution >= 0.6 is 0 Å². The van der Waals surface area contributed by atoms with Crippen LogP contribution in [0.4, 0.5) is 22.7 Å². The van der Waals surface area contributed by atoms with E-state index in [1.165, 1.54) is 0 Å². The molecule has 6 N–H and O–H groups in total. The normalized spacial score (nSPS) is 22.8. The zero-order valence-electron chi connectivity index (χ0n) is 39.1. The van der Waals surface area contributed by atoms with Crippen molar-refractivity contribution in [2.45, 2.75) is 82.4 Å². The van der Waals surface area contributed by atoms with E-state index in [-0.39, 0.29) is 45.6 Å². The van der Waals surface area contributed by atoms with Crippen molar-refractivity contribution < 1.29 is 68.5 Å². The van der Waals surface area contributed by atoms with Crippen molar-refractivity contribution in [1.29, 1.82) is 0 Å². The maximum Gasteiger partial charge on any atom is 0.186 e. The van der Waals surface area contributed by atoms with E-state index in [0.29, 0.717) is 83.4 Å². The molecule has 6 aromatic rings. The van der Waals surface area contributed by atoms with E-state index in [1.807, 2.05) is 55.5 Å². The molecule has 2 saturated heterocycles. The van der Waals surface area contributed by atoms with Crippen LogP contribution in [0.3, 0.4) is 0 Å². The van der Waals surface area contributed by atoms with Gasteiger partial charge in [0, 0.05) is 5.92 Å². The zero-order chi connectivity index (χ0) is 50.2. The summed E-state index contributed by atoms with van der Waals surface area (Å²) in [5.41, 5.74) is 3.81. The van der Waals surface area contributed by atoms with Crippen molar-refractivity contribution in [2.24, 2.45) is 26.4 Å². The highest BCUT2D eigenvalue weighted by Gasteiger charge is 2.39. The molecule has 72 heavy (non-hydrogen) atoms. The SMILES string of the molecule is CC(COc1ccc(N=Nc2ccc(OCc3cn(CCO[C@H]4OC[C@@H](O)[C@@H](O)[C@@H]4O)nn3)cc2)cc1)COc1ccc(N=Nc2ccc(OCc3cn(CCO[C@H]4OC[C@@H](O)[C@@H](O)[C@@H]4O)nn3)cc2)cc1. The first-order chi connectivity index (χ1) is 35.0. The molecular formula is C48H56N10O14. The molecule has 0 amide bonds. The molecule has 2 aromatic heterocycles. The van der Waals surface area contributed by atoms with Gasteiger partial charge in [-0.05, 0) is 97.1 Å². The predicted octanol–water partition coefficient (Wildman–Crippen LogP) is 3.86. The number of hydrogen-bond acceptors (Lipinski definition) is 22. The Kier molecular flexibility index (Phi) is 18.3. The lowest BCUT2D eigenvalue weighted by atomic mass is 10.1. The lowest BCUT2D eigenvalue weighted by Gasteiger charge is -2.34. The van der Waals surface area contributed by atoms with Gasteiger partial charge in [0.15, 0.2) is 12.6 Å². The fourth-order valence-electron chi connectivity index (χ4n) is 6.91. The van der Waals surface area contributed by atoms with E-state index >= 15 is 0 Å². The second-order valence-electron chi connectivity index (χ2n) is 16.9. The number of aliphatic hydroxyl groups is 6. The van der Waals surface area contributed by atoms with Gasteiger partial charge in [0.2, 0.25) is 0 Å². The van der Waals surface area contributed by atoms with E-state index in [1.54, 1.807) is 70.3 Å². The van der Waals surface area contributed by atoms with Crippen LogP contribution in [-0.2, 0) is 45.3 Å². The highest BCUT2D eigenvalue weighted by Crippen LogP contribution is 2.26. The van der Waals surface area contributed by atoms with Crippen LogP contribution in [0.25, 0.3) is 0 Å². The Hall–Kier alpha value is -6.84. The summed E-state index contributed by atoms with van der Waals surface area (Å²) in [6.45, 7) is 3.97. The number of azo groups is 2. The van der Waals surface area contributed by atoms with Crippen molar-refractivity contribution >= 4 is 22.7 Å². The van der Waals surface area contributed by atoms with E-state index in [4.69, 9.17) is 37.9 Å². The minimum Gasteiger partial charge on any atom is -0.493 e. The molecule has 0 saturated carbocycles. The monoisotopic (exact) mass is 996 g/mol. The Labute approximate surface area is 412 Å². The quantitative estimate of drug-likeness (QED) is 0.0469. The third-order valence-electron chi connectivity index (χ3n) is 11.0. The van der Waals surface area contributed by atoms with E-state index in [2.05, 4.69) is 41.1 Å². The summed E-state index contributed by atoms with van der Waals surface area (Å²) < 4.78 is 48.2. The average molecular weight is 997 g/mol. The van der Waals surface area contributed by atoms with Crippen molar-refractivity contribution in [3.63, 3.8) is 0 Å². The lowest BCUT2D eigenvalue weighted by Crippen LogP contribution is -2.53. The summed E-state index contributed by atoms with van der Waals surface area (Å²) in [6, 6.07) is 29.0. The smallest absolute Gasteiger partial charge is 0.186 e. The number of nitrogens with zero attached hydrogens (tertiary/aromatic N) is 10. The highest BCUT2D eigenvalue weighted by atomic mass is 16.7. The second kappa shape index (κ2) is 25.5. The van der Waals surface area contributed by atoms with Crippen molar-refractivity contribution in [1.82, 2.24) is 30.0 Å². The van der Waals surface area contributed by atoms with Crippen LogP contribution in [0.15, 0.2) is 130 Å². The number of rotatable bonds is 24. The molecule has 0 aliphatic carbocycles. The maximum atomic E-state index is 10.00. The first-order valence-corrected chi connectivity index (χ1v) is 23.1. The Bertz CT molecular complexity index is 2440. The Balaban J connectivity index is 0.676. The number of hydrogen-bond donors (Lipinski definition) is 6. The lowest BCUT2D eigenvalue weighted by molar-refractivity contribution is -0.270. The van der Waals surface area contributed by atoms with Crippen molar-refractivity contribution in [3.05, 3.63) is 121 Å². The van der Waals surface area contributed by atoms with Crippen molar-refractivity contribution in [2.75, 3.05) is 39.6 Å². The summed E-state index contributed by atoms with van der Waals surface area (Å²) in [6.07, 6.45) is -6.38. The van der Waals surface area contributed by atoms with Crippen molar-refractivity contribution in [3.8, 4) is 23.0 Å². The van der Waals surface area contributed by atoms with E-state index < -0.39 is 49.2 Å². The topological polar surface area (TPSA) is 306 Å². The zero-order valence-corrected chi connectivity index (χ0v) is 39.1. The van der Waals surface area contributed by atoms with E-state index in [0.717, 1.165) is 0 Å². The molecule has 4 heterocycles. The van der Waals surface area contributed by atoms with E-state index in [9.17, 15) is 30.6 Å². The molecule has 2 aliphatic rings. The molecule has 8 rings (SSSR count). The molecule has 4 aromatic carbocycles. The van der Waals surface area contributed by atoms with Crippen LogP contribution in [0.5, 0.6) is 23.0 Å². The molecule has 24 heteroatoms. The molecule has 2 fully saturated rings. The van der Waals surface area contributed by atoms with Crippen LogP contribution in [0.2, 0.25) is 0 Å². The molecule has 0 unspecified atom stereocenters. The minimum atomic E-state index is -1.35. The van der Waals surface area contributed by atoms with Crippen LogP contribution < -0.4 is 18.9 Å². The van der Waals surface area contributed by atoms with Crippen LogP contribution in [0, 0.1) is 5.92 Å². The highest BCUT2D eigenvalue weighted by molar-refractivity contribution is 5.45. The molecule has 0 radical (unpaired) electrons. The molecular weight excluding hydrogens is 941 g/mol. The number of ether oxygens (including phenoxy) is 8. The van der Waals surface area contributed by atoms with Gasteiger partial charge >= 0.3 is 0 Å². The standard InChI is InChI=1S/C48H56N10O14/c1-30(24-67-37-10-2-31(3-11-37)49-51-33-6-14-39(15-7-33)69-26-35-22-57(55-53-35)18-20-65-47-45(63)43(61)41(59)28-71-47)25-68-38-12-4-32(5-13-38)50-52-34-8-16-40(17-9-34)70-27-36-23-58(56-54-36)19-21-66-48-46(64)44(62)42(60)29-72-48/h2-17,22-23,30,41-48,59-64H,18-21,24-29H2,1H3/t30?,41-,42-,43-,44-,45+,46+,47+,48+/m1/s1. The van der Waals surface area contributed by atoms with Gasteiger partial charge in [-0.2, -0.15) is 20.5 Å². The fraction of sp³-hybridized carbons (Fsp3) is 0.417. The number of aliphatic hydroxyl groups excluding tert-OH is 6. The number of aromatic nitrogens is 6. The van der Waals surface area contributed by atoms with Gasteiger partial charge in [0.1, 0.15) is 84.2 Å². The first-order valence-electron chi connectivity index (χ1n) is 23.1. The molecule has 8 atom stereocenters. The second-order valence-corrected chi connectivity index (χ2v) is 16.9. The average Bonchev–Trinajstić information content (AvgIpc) is 4.07. The van der Waals surface area contributed by atoms with Gasteiger partial charge < -0.3 is 68.5 Å². The van der Waals surface area contributed by atoms with Gasteiger partial charge in [-0.25, -0.2) is 9.36 Å². The van der Waals surface area contributed by atoms with Gasteiger partial charge in [0.05, 0.1) is 87.9 Å². The Morgan fingerprint density at radius 2 is 0.833 bits per heavy atom. The van der Waals surface area contributed by atoms with Gasteiger partial charge in [-0.3, -0.25) is 0 Å². The van der Waals surface area contributed by atoms with Crippen LogP contribution in [-0.4, -0.2) is 149 Å². The number of benzene rings is 4. The summed E-state index contributed by atoms with van der Waals surface area (Å²) in [5.74, 6) is 2.73. The predicted molar refractivity (Wildman–Crippen MR) is 250 cm³/mol. The molecule has 382 valence electrons. The van der Waals surface area contributed by atoms with Gasteiger partial charge in [-0.15, -0.1) is 10.2 Å². The van der Waals surface area contributed by atoms with Gasteiger partial charge in [0.25, 0.3) is 0 Å². The van der Waals surface area contributed by atoms with Gasteiger partial charge in [-0.1, -0.05) is 17.4 Å². The molecule has 24 nitrogen and oxygen atoms in total. The Morgan fingerprint density at radius 1 is 0.500 bits per heavy atom. The third kappa shape index (κ3) is 15.1. The summed E-state index contributed by atoms with van der Waals surface area (Å²) in [7, 11) is 0. The molecule has 2 aliphatic heterocycles. The summed E-state index contributed by atoms with van der Waals surface area (Å²) in [4.78, 5) is 0.